The van der Waals surface area contributed by atoms with Crippen molar-refractivity contribution < 1.29 is 14.3 Å². The van der Waals surface area contributed by atoms with Crippen LogP contribution in [0.5, 0.6) is 11.5 Å². The number of nitrogens with one attached hydrogen (secondary N) is 1. The van der Waals surface area contributed by atoms with Crippen LogP contribution >= 0.6 is 34.5 Å². The Kier molecular flexibility index (Phi) is 8.15. The van der Waals surface area contributed by atoms with E-state index in [2.05, 4.69) is 10.3 Å². The van der Waals surface area contributed by atoms with Gasteiger partial charge in [0.15, 0.2) is 11.5 Å². The van der Waals surface area contributed by atoms with Crippen LogP contribution in [0.1, 0.15) is 16.1 Å². The Bertz CT molecular complexity index is 1060. The van der Waals surface area contributed by atoms with E-state index in [1.54, 1.807) is 24.6 Å². The number of aromatic nitrogens is 1. The SMILES string of the molecule is COc1cc(-c2nc(C(=O)NCCN(C)C)cs2)ccc1OCc1ccc(Cl)c(Cl)c1. The number of hydrogen-bond acceptors (Lipinski definition) is 6. The summed E-state index contributed by atoms with van der Waals surface area (Å²) in [5.41, 5.74) is 2.14. The number of likely N-dealkylation sites (N-methyl/N-ethyl adjacent to an activating group) is 1. The van der Waals surface area contributed by atoms with E-state index >= 15 is 0 Å². The molecule has 0 radical (unpaired) electrons. The van der Waals surface area contributed by atoms with Crippen LogP contribution in [0.2, 0.25) is 10.0 Å². The van der Waals surface area contributed by atoms with Crippen LogP contribution in [0.3, 0.4) is 0 Å². The first-order valence-electron chi connectivity index (χ1n) is 9.51. The van der Waals surface area contributed by atoms with Crippen molar-refractivity contribution in [3.05, 3.63) is 63.1 Å². The Morgan fingerprint density at radius 2 is 1.94 bits per heavy atom. The normalized spacial score (nSPS) is 10.9. The van der Waals surface area contributed by atoms with Crippen LogP contribution in [0.4, 0.5) is 0 Å². The van der Waals surface area contributed by atoms with Crippen LogP contribution < -0.4 is 14.8 Å². The minimum absolute atomic E-state index is 0.183. The summed E-state index contributed by atoms with van der Waals surface area (Å²) in [5, 5.41) is 6.33. The second-order valence-corrected chi connectivity index (χ2v) is 8.67. The molecule has 3 rings (SSSR count). The van der Waals surface area contributed by atoms with E-state index in [0.29, 0.717) is 40.4 Å². The van der Waals surface area contributed by atoms with Gasteiger partial charge in [0.05, 0.1) is 17.2 Å². The van der Waals surface area contributed by atoms with Gasteiger partial charge in [-0.1, -0.05) is 29.3 Å². The summed E-state index contributed by atoms with van der Waals surface area (Å²) in [5.74, 6) is 0.984. The van der Waals surface area contributed by atoms with Crippen LogP contribution in [0, 0.1) is 0 Å². The molecule has 0 saturated heterocycles. The molecule has 1 heterocycles. The quantitative estimate of drug-likeness (QED) is 0.467. The fourth-order valence-electron chi connectivity index (χ4n) is 2.70. The molecule has 1 amide bonds. The highest BCUT2D eigenvalue weighted by Gasteiger charge is 2.14. The third-order valence-electron chi connectivity index (χ3n) is 4.37. The molecule has 0 aliphatic rings. The molecule has 1 aromatic heterocycles. The Morgan fingerprint density at radius 1 is 1.13 bits per heavy atom. The third kappa shape index (κ3) is 6.33. The molecule has 0 aliphatic heterocycles. The maximum absolute atomic E-state index is 12.3. The minimum Gasteiger partial charge on any atom is -0.493 e. The maximum atomic E-state index is 12.3. The minimum atomic E-state index is -0.183. The predicted octanol–water partition coefficient (Wildman–Crippen LogP) is 5.00. The van der Waals surface area contributed by atoms with E-state index in [1.165, 1.54) is 11.3 Å². The van der Waals surface area contributed by atoms with Gasteiger partial charge < -0.3 is 19.7 Å². The third-order valence-corrected chi connectivity index (χ3v) is 6.00. The van der Waals surface area contributed by atoms with E-state index in [4.69, 9.17) is 32.7 Å². The average Bonchev–Trinajstić information content (AvgIpc) is 3.24. The molecule has 0 spiro atoms. The van der Waals surface area contributed by atoms with Crippen LogP contribution in [0.15, 0.2) is 41.8 Å². The summed E-state index contributed by atoms with van der Waals surface area (Å²) in [4.78, 5) is 18.7. The molecule has 0 atom stereocenters. The van der Waals surface area contributed by atoms with Crippen molar-refractivity contribution in [2.75, 3.05) is 34.3 Å². The molecule has 3 aromatic rings. The lowest BCUT2D eigenvalue weighted by Gasteiger charge is -2.12. The first-order valence-corrected chi connectivity index (χ1v) is 11.1. The monoisotopic (exact) mass is 479 g/mol. The first kappa shape index (κ1) is 23.3. The first-order chi connectivity index (χ1) is 14.9. The van der Waals surface area contributed by atoms with E-state index in [0.717, 1.165) is 22.7 Å². The Labute approximate surface area is 195 Å². The van der Waals surface area contributed by atoms with Crippen molar-refractivity contribution in [1.29, 1.82) is 0 Å². The highest BCUT2D eigenvalue weighted by Crippen LogP contribution is 2.34. The van der Waals surface area contributed by atoms with Crippen molar-refractivity contribution in [2.45, 2.75) is 6.61 Å². The number of halogens is 2. The fourth-order valence-corrected chi connectivity index (χ4v) is 3.82. The number of methoxy groups -OCH3 is 1. The summed E-state index contributed by atoms with van der Waals surface area (Å²) in [7, 11) is 5.49. The van der Waals surface area contributed by atoms with Gasteiger partial charge in [-0.25, -0.2) is 4.98 Å². The van der Waals surface area contributed by atoms with Crippen LogP contribution in [-0.4, -0.2) is 50.1 Å². The van der Waals surface area contributed by atoms with Gasteiger partial charge in [0.25, 0.3) is 5.91 Å². The topological polar surface area (TPSA) is 63.7 Å². The molecule has 0 unspecified atom stereocenters. The summed E-state index contributed by atoms with van der Waals surface area (Å²) in [6.45, 7) is 1.65. The predicted molar refractivity (Wildman–Crippen MR) is 126 cm³/mol. The van der Waals surface area contributed by atoms with Gasteiger partial charge >= 0.3 is 0 Å². The van der Waals surface area contributed by atoms with Gasteiger partial charge in [0.1, 0.15) is 17.3 Å². The number of thiazole rings is 1. The van der Waals surface area contributed by atoms with Crippen molar-refractivity contribution in [3.63, 3.8) is 0 Å². The standard InChI is InChI=1S/C22H23Cl2N3O3S/c1-27(2)9-8-25-21(28)18-13-31-22(26-18)15-5-7-19(20(11-15)29-3)30-12-14-4-6-16(23)17(24)10-14/h4-7,10-11,13H,8-9,12H2,1-3H3,(H,25,28). The molecule has 9 heteroatoms. The number of carbonyl (C=O) groups is 1. The van der Waals surface area contributed by atoms with Gasteiger partial charge in [-0.3, -0.25) is 4.79 Å². The number of rotatable bonds is 9. The molecule has 2 aromatic carbocycles. The van der Waals surface area contributed by atoms with Crippen molar-refractivity contribution >= 4 is 40.4 Å². The van der Waals surface area contributed by atoms with Crippen LogP contribution in [-0.2, 0) is 6.61 Å². The number of carbonyl (C=O) groups excluding carboxylic acids is 1. The molecule has 6 nitrogen and oxygen atoms in total. The molecule has 164 valence electrons. The van der Waals surface area contributed by atoms with Gasteiger partial charge in [-0.05, 0) is 50.0 Å². The molecule has 0 aliphatic carbocycles. The zero-order chi connectivity index (χ0) is 22.4. The van der Waals surface area contributed by atoms with Crippen molar-refractivity contribution in [2.24, 2.45) is 0 Å². The van der Waals surface area contributed by atoms with Crippen molar-refractivity contribution in [3.8, 4) is 22.1 Å². The Morgan fingerprint density at radius 3 is 2.65 bits per heavy atom. The number of hydrogen-bond donors (Lipinski definition) is 1. The lowest BCUT2D eigenvalue weighted by Crippen LogP contribution is -2.31. The lowest BCUT2D eigenvalue weighted by molar-refractivity contribution is 0.0947. The van der Waals surface area contributed by atoms with E-state index in [1.807, 2.05) is 43.3 Å². The zero-order valence-electron chi connectivity index (χ0n) is 17.4. The highest BCUT2D eigenvalue weighted by atomic mass is 35.5. The second-order valence-electron chi connectivity index (χ2n) is 7.00. The molecular weight excluding hydrogens is 457 g/mol. The van der Waals surface area contributed by atoms with Gasteiger partial charge in [0, 0.05) is 24.0 Å². The maximum Gasteiger partial charge on any atom is 0.270 e. The molecule has 0 fully saturated rings. The summed E-state index contributed by atoms with van der Waals surface area (Å²) in [6.07, 6.45) is 0. The molecule has 0 bridgehead atoms. The summed E-state index contributed by atoms with van der Waals surface area (Å²) >= 11 is 13.4. The molecular formula is C22H23Cl2N3O3S. The number of amides is 1. The largest absolute Gasteiger partial charge is 0.493 e. The second kappa shape index (κ2) is 10.8. The van der Waals surface area contributed by atoms with E-state index in [-0.39, 0.29) is 5.91 Å². The lowest BCUT2D eigenvalue weighted by atomic mass is 10.2. The molecule has 0 saturated carbocycles. The van der Waals surface area contributed by atoms with E-state index in [9.17, 15) is 4.79 Å². The van der Waals surface area contributed by atoms with Gasteiger partial charge in [0.2, 0.25) is 0 Å². The smallest absolute Gasteiger partial charge is 0.270 e. The number of nitrogens with zero attached hydrogens (tertiary/aromatic N) is 2. The van der Waals surface area contributed by atoms with Gasteiger partial charge in [-0.2, -0.15) is 0 Å². The van der Waals surface area contributed by atoms with E-state index < -0.39 is 0 Å². The summed E-state index contributed by atoms with van der Waals surface area (Å²) < 4.78 is 11.4. The Hall–Kier alpha value is -2.32. The molecule has 31 heavy (non-hydrogen) atoms. The molecule has 1 N–H and O–H groups in total. The Balaban J connectivity index is 1.69. The number of ether oxygens (including phenoxy) is 2. The number of benzene rings is 2. The average molecular weight is 480 g/mol. The van der Waals surface area contributed by atoms with Crippen LogP contribution in [0.25, 0.3) is 10.6 Å². The van der Waals surface area contributed by atoms with Crippen molar-refractivity contribution in [1.82, 2.24) is 15.2 Å². The summed E-state index contributed by atoms with van der Waals surface area (Å²) in [6, 6.07) is 10.9. The van der Waals surface area contributed by atoms with Gasteiger partial charge in [-0.15, -0.1) is 11.3 Å². The zero-order valence-corrected chi connectivity index (χ0v) is 19.8. The highest BCUT2D eigenvalue weighted by molar-refractivity contribution is 7.13. The fraction of sp³-hybridized carbons (Fsp3) is 0.273.